The van der Waals surface area contributed by atoms with Crippen molar-refractivity contribution in [3.05, 3.63) is 131 Å². The molecule has 44 heavy (non-hydrogen) atoms. The molecule has 7 rings (SSSR count). The third-order valence-corrected chi connectivity index (χ3v) is 8.64. The largest absolute Gasteiger partial charge is 0.497 e. The number of hydrazone groups is 1. The summed E-state index contributed by atoms with van der Waals surface area (Å²) in [7, 11) is 3.34. The summed E-state index contributed by atoms with van der Waals surface area (Å²) in [6.45, 7) is 0. The first kappa shape index (κ1) is 27.6. The molecule has 5 aromatic rings. The van der Waals surface area contributed by atoms with E-state index in [9.17, 15) is 4.79 Å². The number of carbonyl (C=O) groups is 1. The lowest BCUT2D eigenvalue weighted by atomic mass is 9.77. The Balaban J connectivity index is 1.36. The highest BCUT2D eigenvalue weighted by atomic mass is 16.5. The number of nitrogens with zero attached hydrogens (tertiary/aromatic N) is 3. The van der Waals surface area contributed by atoms with Crippen molar-refractivity contribution in [3.63, 3.8) is 0 Å². The number of hydrogen-bond acceptors (Lipinski definition) is 5. The van der Waals surface area contributed by atoms with Gasteiger partial charge in [0.1, 0.15) is 11.5 Å². The lowest BCUT2D eigenvalue weighted by Crippen LogP contribution is -2.32. The molecule has 0 saturated heterocycles. The average Bonchev–Trinajstić information content (AvgIpc) is 3.49. The van der Waals surface area contributed by atoms with Crippen LogP contribution in [0.4, 0.5) is 0 Å². The van der Waals surface area contributed by atoms with Gasteiger partial charge in [0.05, 0.1) is 42.7 Å². The molecule has 4 aromatic carbocycles. The summed E-state index contributed by atoms with van der Waals surface area (Å²) in [4.78, 5) is 19.7. The van der Waals surface area contributed by atoms with Crippen LogP contribution >= 0.6 is 0 Å². The van der Waals surface area contributed by atoms with Crippen molar-refractivity contribution in [2.45, 2.75) is 25.3 Å². The van der Waals surface area contributed by atoms with Gasteiger partial charge < -0.3 is 9.47 Å². The summed E-state index contributed by atoms with van der Waals surface area (Å²) in [5, 5.41) is 7.71. The fraction of sp³-hybridized carbons (Fsp3) is 0.184. The third-order valence-electron chi connectivity index (χ3n) is 8.64. The Morgan fingerprint density at radius 2 is 1.52 bits per heavy atom. The van der Waals surface area contributed by atoms with Crippen molar-refractivity contribution in [2.75, 3.05) is 14.2 Å². The Hall–Kier alpha value is -5.23. The van der Waals surface area contributed by atoms with Crippen molar-refractivity contribution in [1.82, 2.24) is 9.99 Å². The van der Waals surface area contributed by atoms with Gasteiger partial charge in [0.15, 0.2) is 0 Å². The molecular weight excluding hydrogens is 546 g/mol. The van der Waals surface area contributed by atoms with Crippen LogP contribution in [0.25, 0.3) is 28.2 Å². The highest BCUT2D eigenvalue weighted by Gasteiger charge is 2.44. The molecule has 1 fully saturated rings. The van der Waals surface area contributed by atoms with E-state index < -0.39 is 0 Å². The number of amides is 1. The zero-order valence-electron chi connectivity index (χ0n) is 24.8. The van der Waals surface area contributed by atoms with Crippen molar-refractivity contribution in [1.29, 1.82) is 0 Å². The second-order valence-corrected chi connectivity index (χ2v) is 11.2. The molecule has 1 aliphatic carbocycles. The Morgan fingerprint density at radius 3 is 2.25 bits per heavy atom. The second-order valence-electron chi connectivity index (χ2n) is 11.2. The van der Waals surface area contributed by atoms with Crippen molar-refractivity contribution in [3.8, 4) is 22.8 Å². The molecule has 6 heteroatoms. The summed E-state index contributed by atoms with van der Waals surface area (Å²) in [6, 6.07) is 35.6. The van der Waals surface area contributed by atoms with E-state index >= 15 is 0 Å². The highest BCUT2D eigenvalue weighted by Crippen LogP contribution is 2.45. The lowest BCUT2D eigenvalue weighted by molar-refractivity contribution is 0.0683. The molecule has 2 aliphatic rings. The predicted octanol–water partition coefficient (Wildman–Crippen LogP) is 8.36. The first-order valence-corrected chi connectivity index (χ1v) is 15.0. The average molecular weight is 580 g/mol. The van der Waals surface area contributed by atoms with Crippen LogP contribution in [0.3, 0.4) is 0 Å². The fourth-order valence-electron chi connectivity index (χ4n) is 6.44. The summed E-state index contributed by atoms with van der Waals surface area (Å²) < 4.78 is 10.8. The summed E-state index contributed by atoms with van der Waals surface area (Å²) >= 11 is 0. The molecule has 0 spiro atoms. The fourth-order valence-corrected chi connectivity index (χ4v) is 6.44. The summed E-state index contributed by atoms with van der Waals surface area (Å²) in [6.07, 6.45) is 5.09. The van der Waals surface area contributed by atoms with Gasteiger partial charge in [-0.25, -0.2) is 9.99 Å². The van der Waals surface area contributed by atoms with E-state index in [2.05, 4.69) is 30.3 Å². The molecule has 0 unspecified atom stereocenters. The van der Waals surface area contributed by atoms with Gasteiger partial charge in [-0.1, -0.05) is 72.8 Å². The van der Waals surface area contributed by atoms with E-state index in [-0.39, 0.29) is 17.9 Å². The van der Waals surface area contributed by atoms with E-state index in [1.165, 1.54) is 5.57 Å². The minimum Gasteiger partial charge on any atom is -0.497 e. The maximum atomic E-state index is 14.8. The van der Waals surface area contributed by atoms with Crippen LogP contribution in [-0.2, 0) is 0 Å². The Bertz CT molecular complexity index is 1880. The topological polar surface area (TPSA) is 64.0 Å². The van der Waals surface area contributed by atoms with Gasteiger partial charge in [0, 0.05) is 16.9 Å². The first-order chi connectivity index (χ1) is 21.6. The molecule has 6 nitrogen and oxygen atoms in total. The van der Waals surface area contributed by atoms with Crippen molar-refractivity contribution < 1.29 is 14.3 Å². The molecule has 2 heterocycles. The first-order valence-electron chi connectivity index (χ1n) is 15.0. The van der Waals surface area contributed by atoms with Crippen LogP contribution in [0.5, 0.6) is 11.5 Å². The van der Waals surface area contributed by atoms with Gasteiger partial charge in [-0.3, -0.25) is 4.79 Å². The number of fused-ring (bicyclic) bond motifs is 2. The maximum Gasteiger partial charge on any atom is 0.275 e. The second kappa shape index (κ2) is 11.8. The number of carbonyl (C=O) groups excluding carboxylic acids is 1. The zero-order valence-corrected chi connectivity index (χ0v) is 24.8. The van der Waals surface area contributed by atoms with Crippen molar-refractivity contribution in [2.24, 2.45) is 11.0 Å². The van der Waals surface area contributed by atoms with E-state index in [0.717, 1.165) is 69.8 Å². The number of methoxy groups -OCH3 is 2. The zero-order chi connectivity index (χ0) is 30.0. The smallest absolute Gasteiger partial charge is 0.275 e. The van der Waals surface area contributed by atoms with Gasteiger partial charge in [-0.05, 0) is 78.4 Å². The molecule has 1 amide bonds. The van der Waals surface area contributed by atoms with Crippen LogP contribution in [0.15, 0.2) is 120 Å². The standard InChI is InChI=1S/C38H33N3O3/c1-43-29-19-15-25(16-20-29)23-28-11-8-13-32-36(28)40-41(37(32)27-17-21-30(44-2)22-18-27)38(42)33-24-35(26-9-4-3-5-10-26)39-34-14-7-6-12-31(33)34/h3-7,9-10,12,14-24,32,37H,8,11,13H2,1-2H3/b28-23-/t32-,37+/m0/s1. The Morgan fingerprint density at radius 1 is 0.841 bits per heavy atom. The van der Waals surface area contributed by atoms with Crippen molar-refractivity contribution >= 4 is 28.6 Å². The third kappa shape index (κ3) is 5.13. The molecule has 218 valence electrons. The Labute approximate surface area is 257 Å². The predicted molar refractivity (Wildman–Crippen MR) is 175 cm³/mol. The van der Waals surface area contributed by atoms with Gasteiger partial charge >= 0.3 is 0 Å². The van der Waals surface area contributed by atoms with Gasteiger partial charge in [-0.15, -0.1) is 0 Å². The number of allylic oxidation sites excluding steroid dienone is 1. The summed E-state index contributed by atoms with van der Waals surface area (Å²) in [5.74, 6) is 1.55. The van der Waals surface area contributed by atoms with Gasteiger partial charge in [0.2, 0.25) is 0 Å². The minimum absolute atomic E-state index is 0.0762. The summed E-state index contributed by atoms with van der Waals surface area (Å²) in [5.41, 5.74) is 7.38. The molecule has 0 radical (unpaired) electrons. The quantitative estimate of drug-likeness (QED) is 0.203. The number of benzene rings is 4. The van der Waals surface area contributed by atoms with E-state index in [0.29, 0.717) is 5.56 Å². The van der Waals surface area contributed by atoms with Crippen LogP contribution in [0, 0.1) is 5.92 Å². The van der Waals surface area contributed by atoms with E-state index in [1.807, 2.05) is 84.9 Å². The molecular formula is C38H33N3O3. The number of ether oxygens (including phenoxy) is 2. The van der Waals surface area contributed by atoms with E-state index in [4.69, 9.17) is 19.6 Å². The van der Waals surface area contributed by atoms with Crippen LogP contribution in [-0.4, -0.2) is 35.8 Å². The molecule has 1 aromatic heterocycles. The van der Waals surface area contributed by atoms with Gasteiger partial charge in [-0.2, -0.15) is 5.10 Å². The number of aromatic nitrogens is 1. The molecule has 0 bridgehead atoms. The van der Waals surface area contributed by atoms with E-state index in [1.54, 1.807) is 19.2 Å². The minimum atomic E-state index is -0.241. The molecule has 2 atom stereocenters. The lowest BCUT2D eigenvalue weighted by Gasteiger charge is -2.30. The number of pyridine rings is 1. The van der Waals surface area contributed by atoms with Crippen LogP contribution < -0.4 is 9.47 Å². The molecule has 0 N–H and O–H groups in total. The number of rotatable bonds is 6. The maximum absolute atomic E-state index is 14.8. The monoisotopic (exact) mass is 579 g/mol. The van der Waals surface area contributed by atoms with Crippen LogP contribution in [0.1, 0.15) is 46.8 Å². The Kier molecular flexibility index (Phi) is 7.40. The molecule has 1 aliphatic heterocycles. The number of para-hydroxylation sites is 1. The SMILES string of the molecule is COc1ccc(/C=C2/CCC[C@H]3C2=NN(C(=O)c2cc(-c4ccccc4)nc4ccccc24)[C@@H]3c2ccc(OC)cc2)cc1. The van der Waals surface area contributed by atoms with Gasteiger partial charge in [0.25, 0.3) is 5.91 Å². The molecule has 1 saturated carbocycles. The number of hydrogen-bond donors (Lipinski definition) is 0. The highest BCUT2D eigenvalue weighted by molar-refractivity contribution is 6.12. The van der Waals surface area contributed by atoms with Crippen LogP contribution in [0.2, 0.25) is 0 Å². The normalized spacial score (nSPS) is 18.6.